The molecule has 11 heteroatoms. The van der Waals surface area contributed by atoms with Crippen LogP contribution in [0.2, 0.25) is 0 Å². The number of rotatable bonds is 7. The van der Waals surface area contributed by atoms with E-state index in [9.17, 15) is 23.3 Å². The second-order valence-electron chi connectivity index (χ2n) is 7.09. The number of methoxy groups -OCH3 is 1. The van der Waals surface area contributed by atoms with Crippen molar-refractivity contribution in [1.82, 2.24) is 9.36 Å². The highest BCUT2D eigenvalue weighted by atomic mass is 32.2. The fourth-order valence-electron chi connectivity index (χ4n) is 3.41. The summed E-state index contributed by atoms with van der Waals surface area (Å²) in [6.45, 7) is 3.67. The maximum absolute atomic E-state index is 13.2. The minimum Gasteiger partial charge on any atom is -0.490 e. The fraction of sp³-hybridized carbons (Fsp3) is 0.250. The van der Waals surface area contributed by atoms with Gasteiger partial charge in [0.15, 0.2) is 5.75 Å². The third-order valence-corrected chi connectivity index (χ3v) is 6.10. The smallest absolute Gasteiger partial charge is 0.312 e. The van der Waals surface area contributed by atoms with Crippen molar-refractivity contribution in [2.75, 3.05) is 11.8 Å². The van der Waals surface area contributed by atoms with E-state index in [1.807, 2.05) is 13.8 Å². The van der Waals surface area contributed by atoms with E-state index in [-0.39, 0.29) is 22.3 Å². The normalized spacial score (nSPS) is 11.5. The monoisotopic (exact) mass is 446 g/mol. The van der Waals surface area contributed by atoms with Crippen molar-refractivity contribution in [2.24, 2.45) is 7.05 Å². The number of anilines is 1. The van der Waals surface area contributed by atoms with Crippen LogP contribution in [-0.4, -0.2) is 29.8 Å². The van der Waals surface area contributed by atoms with E-state index in [1.54, 1.807) is 42.1 Å². The molecular formula is C20H22N4O6S. The van der Waals surface area contributed by atoms with E-state index in [2.05, 4.69) is 4.72 Å². The lowest BCUT2D eigenvalue weighted by Gasteiger charge is -2.13. The minimum absolute atomic E-state index is 0.0713. The number of aromatic nitrogens is 2. The first-order valence-electron chi connectivity index (χ1n) is 9.31. The summed E-state index contributed by atoms with van der Waals surface area (Å²) in [4.78, 5) is 23.4. The topological polar surface area (TPSA) is 125 Å². The molecule has 0 radical (unpaired) electrons. The molecule has 31 heavy (non-hydrogen) atoms. The molecule has 3 aromatic rings. The highest BCUT2D eigenvalue weighted by Gasteiger charge is 2.28. The average molecular weight is 446 g/mol. The molecule has 0 bridgehead atoms. The van der Waals surface area contributed by atoms with Crippen LogP contribution < -0.4 is 15.0 Å². The Kier molecular flexibility index (Phi) is 5.89. The lowest BCUT2D eigenvalue weighted by atomic mass is 10.1. The van der Waals surface area contributed by atoms with Crippen LogP contribution in [0, 0.1) is 10.1 Å². The second kappa shape index (κ2) is 8.26. The number of benzene rings is 2. The van der Waals surface area contributed by atoms with Crippen molar-refractivity contribution in [3.63, 3.8) is 0 Å². The number of hydrogen-bond acceptors (Lipinski definition) is 6. The van der Waals surface area contributed by atoms with Gasteiger partial charge in [-0.1, -0.05) is 32.0 Å². The molecule has 164 valence electrons. The summed E-state index contributed by atoms with van der Waals surface area (Å²) >= 11 is 0. The van der Waals surface area contributed by atoms with Crippen molar-refractivity contribution in [3.8, 4) is 11.4 Å². The molecule has 0 aliphatic rings. The first-order chi connectivity index (χ1) is 14.6. The molecule has 0 amide bonds. The van der Waals surface area contributed by atoms with E-state index in [0.29, 0.717) is 11.4 Å². The van der Waals surface area contributed by atoms with Crippen LogP contribution in [0.1, 0.15) is 25.5 Å². The molecule has 10 nitrogen and oxygen atoms in total. The van der Waals surface area contributed by atoms with E-state index in [4.69, 9.17) is 4.74 Å². The van der Waals surface area contributed by atoms with Gasteiger partial charge in [0.2, 0.25) is 0 Å². The standard InChI is InChI=1S/C20H22N4O6S/c1-13(2)19-18(20(25)23(22(19)3)14-8-6-5-7-9-14)21-31(28,29)15-10-11-17(30-4)16(12-15)24(26)27/h5-13,21H,1-4H3. The molecule has 1 heterocycles. The summed E-state index contributed by atoms with van der Waals surface area (Å²) in [5, 5.41) is 11.3. The first kappa shape index (κ1) is 22.1. The quantitative estimate of drug-likeness (QED) is 0.439. The summed E-state index contributed by atoms with van der Waals surface area (Å²) in [5.74, 6) is -0.261. The second-order valence-corrected chi connectivity index (χ2v) is 8.77. The Hall–Kier alpha value is -3.60. The SMILES string of the molecule is COc1ccc(S(=O)(=O)Nc2c(C(C)C)n(C)n(-c3ccccc3)c2=O)cc1[N+](=O)[O-]. The summed E-state index contributed by atoms with van der Waals surface area (Å²) < 4.78 is 36.3. The summed E-state index contributed by atoms with van der Waals surface area (Å²) in [7, 11) is -1.38. The van der Waals surface area contributed by atoms with Crippen molar-refractivity contribution >= 4 is 21.4 Å². The lowest BCUT2D eigenvalue weighted by molar-refractivity contribution is -0.386. The number of hydrogen-bond donors (Lipinski definition) is 1. The van der Waals surface area contributed by atoms with Gasteiger partial charge in [-0.25, -0.2) is 13.1 Å². The molecule has 3 rings (SSSR count). The van der Waals surface area contributed by atoms with Crippen molar-refractivity contribution in [2.45, 2.75) is 24.7 Å². The summed E-state index contributed by atoms with van der Waals surface area (Å²) in [6.07, 6.45) is 0. The third-order valence-electron chi connectivity index (χ3n) is 4.75. The molecular weight excluding hydrogens is 424 g/mol. The van der Waals surface area contributed by atoms with Crippen LogP contribution >= 0.6 is 0 Å². The molecule has 0 fully saturated rings. The predicted octanol–water partition coefficient (Wildman–Crippen LogP) is 3.02. The van der Waals surface area contributed by atoms with Gasteiger partial charge in [0.1, 0.15) is 5.69 Å². The Morgan fingerprint density at radius 2 is 1.77 bits per heavy atom. The van der Waals surface area contributed by atoms with Crippen LogP contribution in [0.4, 0.5) is 11.4 Å². The molecule has 1 aromatic heterocycles. The molecule has 0 aliphatic carbocycles. The number of sulfonamides is 1. The first-order valence-corrected chi connectivity index (χ1v) is 10.8. The van der Waals surface area contributed by atoms with Gasteiger partial charge in [0, 0.05) is 13.1 Å². The van der Waals surface area contributed by atoms with E-state index in [0.717, 1.165) is 6.07 Å². The van der Waals surface area contributed by atoms with Crippen LogP contribution in [0.25, 0.3) is 5.69 Å². The maximum Gasteiger partial charge on any atom is 0.312 e. The zero-order valence-corrected chi connectivity index (χ0v) is 18.2. The van der Waals surface area contributed by atoms with Gasteiger partial charge in [-0.05, 0) is 30.2 Å². The molecule has 0 aliphatic heterocycles. The molecule has 1 N–H and O–H groups in total. The zero-order valence-electron chi connectivity index (χ0n) is 17.4. The van der Waals surface area contributed by atoms with Crippen LogP contribution in [0.5, 0.6) is 5.75 Å². The zero-order chi connectivity index (χ0) is 22.9. The summed E-state index contributed by atoms with van der Waals surface area (Å²) in [6, 6.07) is 12.1. The number of nitrogens with zero attached hydrogens (tertiary/aromatic N) is 3. The molecule has 2 aromatic carbocycles. The van der Waals surface area contributed by atoms with Gasteiger partial charge < -0.3 is 4.74 Å². The average Bonchev–Trinajstić information content (AvgIpc) is 2.97. The van der Waals surface area contributed by atoms with E-state index in [1.165, 1.54) is 23.9 Å². The van der Waals surface area contributed by atoms with Gasteiger partial charge in [0.25, 0.3) is 15.6 Å². The minimum atomic E-state index is -4.30. The Bertz CT molecular complexity index is 1290. The van der Waals surface area contributed by atoms with Crippen molar-refractivity contribution in [1.29, 1.82) is 0 Å². The Labute approximate surface area is 178 Å². The van der Waals surface area contributed by atoms with Gasteiger partial charge in [-0.2, -0.15) is 0 Å². The number of para-hydroxylation sites is 1. The number of nitro benzene ring substituents is 1. The Morgan fingerprint density at radius 3 is 2.32 bits per heavy atom. The molecule has 0 spiro atoms. The molecule has 0 unspecified atom stereocenters. The fourth-order valence-corrected chi connectivity index (χ4v) is 4.50. The van der Waals surface area contributed by atoms with E-state index < -0.39 is 26.2 Å². The number of nitro groups is 1. The molecule has 0 saturated heterocycles. The van der Waals surface area contributed by atoms with Gasteiger partial charge in [-0.15, -0.1) is 0 Å². The van der Waals surface area contributed by atoms with Gasteiger partial charge >= 0.3 is 5.69 Å². The van der Waals surface area contributed by atoms with Crippen molar-refractivity contribution in [3.05, 3.63) is 74.7 Å². The molecule has 0 saturated carbocycles. The Balaban J connectivity index is 2.15. The van der Waals surface area contributed by atoms with Crippen LogP contribution in [0.3, 0.4) is 0 Å². The Morgan fingerprint density at radius 1 is 1.13 bits per heavy atom. The summed E-state index contributed by atoms with van der Waals surface area (Å²) in [5.41, 5.74) is -0.115. The van der Waals surface area contributed by atoms with Gasteiger partial charge in [-0.3, -0.25) is 24.3 Å². The van der Waals surface area contributed by atoms with Crippen molar-refractivity contribution < 1.29 is 18.1 Å². The predicted molar refractivity (Wildman–Crippen MR) is 116 cm³/mol. The highest BCUT2D eigenvalue weighted by Crippen LogP contribution is 2.31. The van der Waals surface area contributed by atoms with Gasteiger partial charge in [0.05, 0.1) is 28.3 Å². The van der Waals surface area contributed by atoms with E-state index >= 15 is 0 Å². The van der Waals surface area contributed by atoms with Crippen LogP contribution in [0.15, 0.2) is 58.2 Å². The largest absolute Gasteiger partial charge is 0.490 e. The van der Waals surface area contributed by atoms with Crippen LogP contribution in [-0.2, 0) is 17.1 Å². The maximum atomic E-state index is 13.2. The third kappa shape index (κ3) is 4.04. The highest BCUT2D eigenvalue weighted by molar-refractivity contribution is 7.92. The lowest BCUT2D eigenvalue weighted by Crippen LogP contribution is -2.23. The number of ether oxygens (including phenoxy) is 1. The molecule has 0 atom stereocenters. The number of nitrogens with one attached hydrogen (secondary N) is 1.